The normalized spacial score (nSPS) is 14.6. The second-order valence-corrected chi connectivity index (χ2v) is 5.99. The van der Waals surface area contributed by atoms with E-state index < -0.39 is 7.60 Å². The van der Waals surface area contributed by atoms with Crippen molar-refractivity contribution in [2.75, 3.05) is 26.4 Å². The highest BCUT2D eigenvalue weighted by atomic mass is 31.2. The molecule has 0 saturated carbocycles. The van der Waals surface area contributed by atoms with E-state index in [2.05, 4.69) is 0 Å². The topological polar surface area (TPSA) is 76.0 Å². The molecule has 5 nitrogen and oxygen atoms in total. The molecule has 0 aliphatic carbocycles. The molecule has 0 saturated heterocycles. The van der Waals surface area contributed by atoms with E-state index in [0.717, 1.165) is 0 Å². The molecule has 108 valence electrons. The zero-order valence-electron chi connectivity index (χ0n) is 11.4. The van der Waals surface area contributed by atoms with Gasteiger partial charge in [-0.1, -0.05) is 13.0 Å². The van der Waals surface area contributed by atoms with Crippen molar-refractivity contribution in [2.45, 2.75) is 27.2 Å². The number of hydrogen-bond donors (Lipinski definition) is 2. The Bertz CT molecular complexity index is 266. The van der Waals surface area contributed by atoms with Gasteiger partial charge in [0.1, 0.15) is 0 Å². The Morgan fingerprint density at radius 2 is 1.67 bits per heavy atom. The Kier molecular flexibility index (Phi) is 9.60. The Morgan fingerprint density at radius 1 is 1.17 bits per heavy atom. The van der Waals surface area contributed by atoms with Gasteiger partial charge in [0, 0.05) is 24.9 Å². The van der Waals surface area contributed by atoms with Gasteiger partial charge in [0.2, 0.25) is 0 Å². The predicted octanol–water partition coefficient (Wildman–Crippen LogP) is 2.39. The van der Waals surface area contributed by atoms with Crippen LogP contribution in [0.15, 0.2) is 11.9 Å². The summed E-state index contributed by atoms with van der Waals surface area (Å²) in [5, 5.41) is 18.1. The van der Waals surface area contributed by atoms with Crippen LogP contribution in [0, 0.1) is 11.8 Å². The first-order valence-electron chi connectivity index (χ1n) is 6.31. The first-order valence-corrected chi connectivity index (χ1v) is 7.92. The van der Waals surface area contributed by atoms with Crippen molar-refractivity contribution < 1.29 is 23.8 Å². The molecule has 0 amide bonds. The quantitative estimate of drug-likeness (QED) is 0.601. The van der Waals surface area contributed by atoms with Crippen LogP contribution in [-0.2, 0) is 13.6 Å². The number of allylic oxidation sites excluding steroid dienone is 1. The number of aliphatic hydroxyl groups is 2. The fraction of sp³-hybridized carbons (Fsp3) is 0.833. The molecular formula is C12H25O5P. The van der Waals surface area contributed by atoms with E-state index in [9.17, 15) is 4.57 Å². The molecule has 1 unspecified atom stereocenters. The van der Waals surface area contributed by atoms with Gasteiger partial charge in [-0.3, -0.25) is 4.57 Å². The zero-order valence-corrected chi connectivity index (χ0v) is 12.3. The molecular weight excluding hydrogens is 255 g/mol. The molecule has 0 rings (SSSR count). The monoisotopic (exact) mass is 280 g/mol. The highest BCUT2D eigenvalue weighted by Gasteiger charge is 2.19. The third-order valence-electron chi connectivity index (χ3n) is 2.69. The summed E-state index contributed by atoms with van der Waals surface area (Å²) in [6.07, 6.45) is 2.34. The number of hydrogen-bond acceptors (Lipinski definition) is 5. The molecule has 0 bridgehead atoms. The van der Waals surface area contributed by atoms with Gasteiger partial charge in [0.25, 0.3) is 0 Å². The highest BCUT2D eigenvalue weighted by Crippen LogP contribution is 2.49. The lowest BCUT2D eigenvalue weighted by atomic mass is 9.93. The van der Waals surface area contributed by atoms with E-state index in [-0.39, 0.29) is 25.0 Å². The van der Waals surface area contributed by atoms with Gasteiger partial charge in [-0.15, -0.1) is 0 Å². The molecule has 0 aromatic carbocycles. The largest absolute Gasteiger partial charge is 0.396 e. The summed E-state index contributed by atoms with van der Waals surface area (Å²) in [4.78, 5) is 0. The maximum Gasteiger partial charge on any atom is 0.353 e. The zero-order chi connectivity index (χ0) is 14.0. The maximum absolute atomic E-state index is 12.1. The molecule has 0 fully saturated rings. The third kappa shape index (κ3) is 6.66. The van der Waals surface area contributed by atoms with Gasteiger partial charge in [0.05, 0.1) is 13.2 Å². The summed E-state index contributed by atoms with van der Waals surface area (Å²) < 4.78 is 22.3. The van der Waals surface area contributed by atoms with Crippen LogP contribution < -0.4 is 0 Å². The molecule has 1 atom stereocenters. The molecule has 2 N–H and O–H groups in total. The maximum atomic E-state index is 12.1. The summed E-state index contributed by atoms with van der Waals surface area (Å²) >= 11 is 0. The number of aliphatic hydroxyl groups excluding tert-OH is 2. The van der Waals surface area contributed by atoms with Gasteiger partial charge in [-0.25, -0.2) is 0 Å². The van der Waals surface area contributed by atoms with E-state index in [1.807, 2.05) is 6.92 Å². The molecule has 6 heteroatoms. The van der Waals surface area contributed by atoms with Crippen molar-refractivity contribution >= 4 is 7.60 Å². The van der Waals surface area contributed by atoms with Gasteiger partial charge >= 0.3 is 7.60 Å². The highest BCUT2D eigenvalue weighted by molar-refractivity contribution is 7.57. The third-order valence-corrected chi connectivity index (χ3v) is 4.50. The first kappa shape index (κ1) is 17.8. The molecule has 0 spiro atoms. The van der Waals surface area contributed by atoms with Crippen molar-refractivity contribution in [1.82, 2.24) is 0 Å². The average Bonchev–Trinajstić information content (AvgIpc) is 2.31. The van der Waals surface area contributed by atoms with E-state index in [0.29, 0.717) is 19.6 Å². The van der Waals surface area contributed by atoms with Crippen molar-refractivity contribution in [3.8, 4) is 0 Å². The second-order valence-electron chi connectivity index (χ2n) is 4.10. The summed E-state index contributed by atoms with van der Waals surface area (Å²) in [5.74, 6) is 1.41. The van der Waals surface area contributed by atoms with Crippen LogP contribution in [0.25, 0.3) is 0 Å². The Balaban J connectivity index is 4.38. The molecule has 0 aromatic rings. The van der Waals surface area contributed by atoms with E-state index >= 15 is 0 Å². The summed E-state index contributed by atoms with van der Waals surface area (Å²) in [6, 6.07) is 0. The summed E-state index contributed by atoms with van der Waals surface area (Å²) in [6.45, 7) is 5.99. The molecule has 0 aliphatic heterocycles. The predicted molar refractivity (Wildman–Crippen MR) is 71.4 cm³/mol. The van der Waals surface area contributed by atoms with Gasteiger partial charge in [-0.2, -0.15) is 0 Å². The van der Waals surface area contributed by atoms with Crippen LogP contribution >= 0.6 is 7.60 Å². The van der Waals surface area contributed by atoms with Gasteiger partial charge in [0.15, 0.2) is 0 Å². The number of rotatable bonds is 10. The van der Waals surface area contributed by atoms with Crippen molar-refractivity contribution in [3.05, 3.63) is 11.9 Å². The minimum atomic E-state index is -3.13. The second kappa shape index (κ2) is 9.70. The van der Waals surface area contributed by atoms with Gasteiger partial charge in [-0.05, 0) is 26.2 Å². The van der Waals surface area contributed by atoms with Gasteiger partial charge < -0.3 is 19.3 Å². The minimum absolute atomic E-state index is 0.0555. The van der Waals surface area contributed by atoms with Crippen LogP contribution in [0.3, 0.4) is 0 Å². The fourth-order valence-electron chi connectivity index (χ4n) is 1.50. The van der Waals surface area contributed by atoms with E-state index in [1.165, 1.54) is 5.82 Å². The van der Waals surface area contributed by atoms with Crippen molar-refractivity contribution in [1.29, 1.82) is 0 Å². The smallest absolute Gasteiger partial charge is 0.353 e. The average molecular weight is 280 g/mol. The van der Waals surface area contributed by atoms with Crippen LogP contribution in [-0.4, -0.2) is 36.6 Å². The SMILES string of the molecule is CCOP(=O)(/C=C\CC(C)C(CO)CO)OCC. The lowest BCUT2D eigenvalue weighted by Gasteiger charge is -2.18. The minimum Gasteiger partial charge on any atom is -0.396 e. The summed E-state index contributed by atoms with van der Waals surface area (Å²) in [7, 11) is -3.13. The molecule has 0 heterocycles. The standard InChI is InChI=1S/C12H25O5P/c1-4-16-18(15,17-5-2)8-6-7-11(3)12(9-13)10-14/h6,8,11-14H,4-5,7,9-10H2,1-3H3/b8-6-. The lowest BCUT2D eigenvalue weighted by Crippen LogP contribution is -2.19. The molecule has 0 aromatic heterocycles. The Hall–Kier alpha value is -0.190. The summed E-state index contributed by atoms with van der Waals surface area (Å²) in [5.41, 5.74) is 0. The van der Waals surface area contributed by atoms with Crippen LogP contribution in [0.5, 0.6) is 0 Å². The molecule has 0 radical (unpaired) electrons. The van der Waals surface area contributed by atoms with Crippen molar-refractivity contribution in [3.63, 3.8) is 0 Å². The molecule has 18 heavy (non-hydrogen) atoms. The van der Waals surface area contributed by atoms with Crippen LogP contribution in [0.4, 0.5) is 0 Å². The van der Waals surface area contributed by atoms with Crippen molar-refractivity contribution in [2.24, 2.45) is 11.8 Å². The first-order chi connectivity index (χ1) is 8.52. The lowest BCUT2D eigenvalue weighted by molar-refractivity contribution is 0.113. The Labute approximate surface area is 109 Å². The van der Waals surface area contributed by atoms with Crippen LogP contribution in [0.1, 0.15) is 27.2 Å². The fourth-order valence-corrected chi connectivity index (χ4v) is 2.84. The molecule has 0 aliphatic rings. The van der Waals surface area contributed by atoms with E-state index in [4.69, 9.17) is 19.3 Å². The van der Waals surface area contributed by atoms with E-state index in [1.54, 1.807) is 19.9 Å². The Morgan fingerprint density at radius 3 is 2.06 bits per heavy atom. The van der Waals surface area contributed by atoms with Crippen LogP contribution in [0.2, 0.25) is 0 Å².